The molecule has 128 valence electrons. The number of hydrogen-bond donors (Lipinski definition) is 3. The molecule has 0 aliphatic heterocycles. The molecule has 1 atom stereocenters. The monoisotopic (exact) mass is 328 g/mol. The van der Waals surface area contributed by atoms with E-state index in [1.807, 2.05) is 30.4 Å². The minimum Gasteiger partial charge on any atom is -0.355 e. The van der Waals surface area contributed by atoms with Crippen LogP contribution in [0.5, 0.6) is 0 Å². The summed E-state index contributed by atoms with van der Waals surface area (Å²) in [6.07, 6.45) is 0.885. The van der Waals surface area contributed by atoms with Crippen LogP contribution in [0.1, 0.15) is 31.9 Å². The molecule has 2 aromatic rings. The summed E-state index contributed by atoms with van der Waals surface area (Å²) in [4.78, 5) is 23.4. The predicted octanol–water partition coefficient (Wildman–Crippen LogP) is 1.11. The minimum absolute atomic E-state index is 0.0370. The van der Waals surface area contributed by atoms with Crippen LogP contribution in [0.15, 0.2) is 42.5 Å². The Hall–Kier alpha value is -2.40. The topological polar surface area (TPSA) is 74.8 Å². The molecule has 2 amide bonds. The van der Waals surface area contributed by atoms with Gasteiger partial charge < -0.3 is 16.0 Å². The van der Waals surface area contributed by atoms with E-state index in [4.69, 9.17) is 0 Å². The maximum absolute atomic E-state index is 11.9. The van der Waals surface area contributed by atoms with Crippen LogP contribution in [-0.2, 0) is 9.59 Å². The number of fused-ring (bicyclic) bond motifs is 1. The number of carbonyl (C=O) groups excluding carboxylic acids is 2. The molecule has 0 spiro atoms. The van der Waals surface area contributed by atoms with E-state index in [-0.39, 0.29) is 24.4 Å². The van der Waals surface area contributed by atoms with Crippen molar-refractivity contribution in [1.82, 2.24) is 10.6 Å². The third-order valence-electron chi connectivity index (χ3n) is 3.99. The molecule has 0 fully saturated rings. The van der Waals surface area contributed by atoms with Crippen LogP contribution >= 0.6 is 0 Å². The molecule has 5 heteroatoms. The largest absolute Gasteiger partial charge is 0.355 e. The van der Waals surface area contributed by atoms with Crippen molar-refractivity contribution in [3.8, 4) is 0 Å². The predicted molar refractivity (Wildman–Crippen MR) is 95.5 cm³/mol. The molecule has 0 unspecified atom stereocenters. The third kappa shape index (κ3) is 5.06. The Morgan fingerprint density at radius 3 is 2.58 bits per heavy atom. The quantitative estimate of drug-likeness (QED) is 0.679. The van der Waals surface area contributed by atoms with Crippen LogP contribution < -0.4 is 16.0 Å². The van der Waals surface area contributed by atoms with Crippen LogP contribution in [0.2, 0.25) is 0 Å². The molecule has 0 bridgehead atoms. The highest BCUT2D eigenvalue weighted by Crippen LogP contribution is 2.21. The molecular weight excluding hydrogens is 302 g/mol. The number of amides is 2. The lowest BCUT2D eigenvalue weighted by molar-refractivity contribution is -0.682. The van der Waals surface area contributed by atoms with E-state index < -0.39 is 0 Å². The molecule has 0 saturated carbocycles. The molecule has 0 aliphatic rings. The molecule has 4 N–H and O–H groups in total. The highest BCUT2D eigenvalue weighted by atomic mass is 16.2. The van der Waals surface area contributed by atoms with E-state index >= 15 is 0 Å². The first-order valence-corrected chi connectivity index (χ1v) is 8.46. The van der Waals surface area contributed by atoms with E-state index in [9.17, 15) is 9.59 Å². The van der Waals surface area contributed by atoms with Crippen LogP contribution in [0, 0.1) is 0 Å². The second kappa shape index (κ2) is 9.03. The number of hydrogen-bond acceptors (Lipinski definition) is 2. The van der Waals surface area contributed by atoms with Crippen molar-refractivity contribution >= 4 is 22.6 Å². The van der Waals surface area contributed by atoms with E-state index in [0.29, 0.717) is 13.1 Å². The second-order valence-corrected chi connectivity index (χ2v) is 5.92. The molecule has 0 heterocycles. The molecule has 0 saturated heterocycles. The number of quaternary nitrogens is 1. The smallest absolute Gasteiger partial charge is 0.275 e. The minimum atomic E-state index is -0.146. The van der Waals surface area contributed by atoms with Gasteiger partial charge in [-0.3, -0.25) is 9.59 Å². The number of rotatable bonds is 8. The molecule has 0 aliphatic carbocycles. The number of nitrogens with two attached hydrogens (primary N) is 1. The molecule has 2 aromatic carbocycles. The van der Waals surface area contributed by atoms with Gasteiger partial charge in [0, 0.05) is 12.1 Å². The van der Waals surface area contributed by atoms with Gasteiger partial charge in [0.25, 0.3) is 5.91 Å². The maximum Gasteiger partial charge on any atom is 0.275 e. The average Bonchev–Trinajstić information content (AvgIpc) is 2.62. The zero-order valence-electron chi connectivity index (χ0n) is 14.3. The zero-order valence-corrected chi connectivity index (χ0v) is 14.3. The van der Waals surface area contributed by atoms with Crippen molar-refractivity contribution < 1.29 is 14.9 Å². The Kier molecular flexibility index (Phi) is 6.75. The summed E-state index contributed by atoms with van der Waals surface area (Å²) in [5, 5.41) is 9.79. The summed E-state index contributed by atoms with van der Waals surface area (Å²) in [6, 6.07) is 14.6. The molecule has 24 heavy (non-hydrogen) atoms. The normalized spacial score (nSPS) is 11.9. The summed E-state index contributed by atoms with van der Waals surface area (Å²) in [5.41, 5.74) is 1.21. The van der Waals surface area contributed by atoms with Gasteiger partial charge in [-0.2, -0.15) is 0 Å². The van der Waals surface area contributed by atoms with Crippen molar-refractivity contribution in [1.29, 1.82) is 0 Å². The Labute approximate surface area is 142 Å². The van der Waals surface area contributed by atoms with Gasteiger partial charge in [0.1, 0.15) is 6.04 Å². The lowest BCUT2D eigenvalue weighted by Crippen LogP contribution is -2.87. The van der Waals surface area contributed by atoms with E-state index in [1.54, 1.807) is 0 Å². The highest BCUT2D eigenvalue weighted by molar-refractivity contribution is 5.86. The maximum atomic E-state index is 11.9. The SMILES string of the molecule is CCCNC(=O)CNC(=O)C[NH2+][C@H](C)c1cccc2ccccc12. The van der Waals surface area contributed by atoms with Gasteiger partial charge in [0.05, 0.1) is 6.54 Å². The van der Waals surface area contributed by atoms with Crippen molar-refractivity contribution in [2.45, 2.75) is 26.3 Å². The lowest BCUT2D eigenvalue weighted by Gasteiger charge is -2.13. The highest BCUT2D eigenvalue weighted by Gasteiger charge is 2.14. The van der Waals surface area contributed by atoms with Gasteiger partial charge in [-0.1, -0.05) is 49.4 Å². The van der Waals surface area contributed by atoms with E-state index in [0.717, 1.165) is 6.42 Å². The fourth-order valence-corrected chi connectivity index (χ4v) is 2.64. The van der Waals surface area contributed by atoms with Crippen LogP contribution in [-0.4, -0.2) is 31.4 Å². The van der Waals surface area contributed by atoms with Gasteiger partial charge in [-0.25, -0.2) is 0 Å². The number of nitrogens with one attached hydrogen (secondary N) is 2. The summed E-state index contributed by atoms with van der Waals surface area (Å²) in [6.45, 7) is 5.05. The molecule has 0 radical (unpaired) electrons. The first-order valence-electron chi connectivity index (χ1n) is 8.46. The standard InChI is InChI=1S/C19H25N3O2/c1-3-11-20-18(23)13-22-19(24)12-21-14(2)16-10-6-8-15-7-4-5-9-17(15)16/h4-10,14,21H,3,11-13H2,1-2H3,(H,20,23)(H,22,24)/p+1/t14-/m1/s1. The number of benzene rings is 2. The summed E-state index contributed by atoms with van der Waals surface area (Å²) < 4.78 is 0. The van der Waals surface area contributed by atoms with Gasteiger partial charge in [0.2, 0.25) is 5.91 Å². The Balaban J connectivity index is 1.85. The van der Waals surface area contributed by atoms with Crippen molar-refractivity contribution in [3.63, 3.8) is 0 Å². The van der Waals surface area contributed by atoms with Crippen LogP contribution in [0.4, 0.5) is 0 Å². The van der Waals surface area contributed by atoms with Crippen LogP contribution in [0.25, 0.3) is 10.8 Å². The Morgan fingerprint density at radius 1 is 1.04 bits per heavy atom. The first kappa shape index (κ1) is 17.9. The Morgan fingerprint density at radius 2 is 1.79 bits per heavy atom. The van der Waals surface area contributed by atoms with Gasteiger partial charge in [-0.05, 0) is 24.1 Å². The molecule has 2 rings (SSSR count). The summed E-state index contributed by atoms with van der Waals surface area (Å²) >= 11 is 0. The third-order valence-corrected chi connectivity index (χ3v) is 3.99. The fraction of sp³-hybridized carbons (Fsp3) is 0.368. The summed E-state index contributed by atoms with van der Waals surface area (Å²) in [5.74, 6) is -0.277. The van der Waals surface area contributed by atoms with Crippen LogP contribution in [0.3, 0.4) is 0 Å². The fourth-order valence-electron chi connectivity index (χ4n) is 2.64. The average molecular weight is 328 g/mol. The Bertz CT molecular complexity index is 695. The zero-order chi connectivity index (χ0) is 17.4. The number of carbonyl (C=O) groups is 2. The first-order chi connectivity index (χ1) is 11.6. The summed E-state index contributed by atoms with van der Waals surface area (Å²) in [7, 11) is 0. The van der Waals surface area contributed by atoms with Crippen molar-refractivity contribution in [3.05, 3.63) is 48.0 Å². The van der Waals surface area contributed by atoms with Gasteiger partial charge >= 0.3 is 0 Å². The van der Waals surface area contributed by atoms with Gasteiger partial charge in [-0.15, -0.1) is 0 Å². The van der Waals surface area contributed by atoms with Gasteiger partial charge in [0.15, 0.2) is 6.54 Å². The second-order valence-electron chi connectivity index (χ2n) is 5.92. The van der Waals surface area contributed by atoms with Crippen molar-refractivity contribution in [2.75, 3.05) is 19.6 Å². The lowest BCUT2D eigenvalue weighted by atomic mass is 10.00. The van der Waals surface area contributed by atoms with Crippen molar-refractivity contribution in [2.24, 2.45) is 0 Å². The van der Waals surface area contributed by atoms with E-state index in [1.165, 1.54) is 16.3 Å². The molecule has 5 nitrogen and oxygen atoms in total. The molecule has 0 aromatic heterocycles. The molecular formula is C19H26N3O2+. The van der Waals surface area contributed by atoms with E-state index in [2.05, 4.69) is 41.8 Å².